The van der Waals surface area contributed by atoms with Crippen LogP contribution < -0.4 is 9.62 Å². The Balaban J connectivity index is 2.26. The maximum atomic E-state index is 12.9. The number of benzene rings is 2. The van der Waals surface area contributed by atoms with Gasteiger partial charge in [0.15, 0.2) is 0 Å². The average molecular weight is 451 g/mol. The quantitative estimate of drug-likeness (QED) is 0.751. The first-order valence-corrected chi connectivity index (χ1v) is 9.81. The Morgan fingerprint density at radius 1 is 1.15 bits per heavy atom. The predicted octanol–water partition coefficient (Wildman–Crippen LogP) is 3.87. The standard InChI is InChI=1S/C16H14BrF3N2O3S/c1-26(24,25)22(14-4-2-3-11(9-14)16(18,19)20)10-15(23)21-13-7-5-12(17)6-8-13/h2-9H,10H2,1H3,(H,21,23). The van der Waals surface area contributed by atoms with E-state index < -0.39 is 34.2 Å². The molecule has 0 fully saturated rings. The molecule has 0 saturated heterocycles. The van der Waals surface area contributed by atoms with Crippen LogP contribution in [0.1, 0.15) is 5.56 Å². The lowest BCUT2D eigenvalue weighted by atomic mass is 10.2. The lowest BCUT2D eigenvalue weighted by molar-refractivity contribution is -0.137. The number of nitrogens with one attached hydrogen (secondary N) is 1. The fraction of sp³-hybridized carbons (Fsp3) is 0.188. The second-order valence-corrected chi connectivity index (χ2v) is 8.20. The largest absolute Gasteiger partial charge is 0.416 e. The summed E-state index contributed by atoms with van der Waals surface area (Å²) in [6, 6.07) is 10.3. The molecule has 0 unspecified atom stereocenters. The highest BCUT2D eigenvalue weighted by molar-refractivity contribution is 9.10. The average Bonchev–Trinajstić information content (AvgIpc) is 2.53. The molecule has 0 radical (unpaired) electrons. The Hall–Kier alpha value is -2.07. The summed E-state index contributed by atoms with van der Waals surface area (Å²) in [5, 5.41) is 2.50. The van der Waals surface area contributed by atoms with E-state index in [1.807, 2.05) is 0 Å². The van der Waals surface area contributed by atoms with Crippen molar-refractivity contribution < 1.29 is 26.4 Å². The minimum Gasteiger partial charge on any atom is -0.325 e. The maximum absolute atomic E-state index is 12.9. The van der Waals surface area contributed by atoms with Crippen molar-refractivity contribution in [2.45, 2.75) is 6.18 Å². The number of hydrogen-bond donors (Lipinski definition) is 1. The van der Waals surface area contributed by atoms with E-state index in [-0.39, 0.29) is 5.69 Å². The Morgan fingerprint density at radius 2 is 1.77 bits per heavy atom. The van der Waals surface area contributed by atoms with Crippen LogP contribution in [-0.4, -0.2) is 27.1 Å². The van der Waals surface area contributed by atoms with Crippen LogP contribution in [0.4, 0.5) is 24.5 Å². The molecule has 2 aromatic carbocycles. The van der Waals surface area contributed by atoms with Crippen molar-refractivity contribution >= 4 is 43.2 Å². The molecule has 0 heterocycles. The molecular weight excluding hydrogens is 437 g/mol. The molecule has 0 saturated carbocycles. The molecule has 0 aliphatic heterocycles. The van der Waals surface area contributed by atoms with Gasteiger partial charge >= 0.3 is 6.18 Å². The minimum atomic E-state index is -4.63. The Labute approximate surface area is 157 Å². The number of halogens is 4. The Bertz CT molecular complexity index is 900. The van der Waals surface area contributed by atoms with Gasteiger partial charge in [-0.2, -0.15) is 13.2 Å². The second-order valence-electron chi connectivity index (χ2n) is 5.37. The van der Waals surface area contributed by atoms with E-state index in [4.69, 9.17) is 0 Å². The number of rotatable bonds is 5. The summed E-state index contributed by atoms with van der Waals surface area (Å²) < 4.78 is 64.0. The van der Waals surface area contributed by atoms with Gasteiger partial charge in [-0.3, -0.25) is 9.10 Å². The second kappa shape index (κ2) is 7.67. The number of anilines is 2. The molecule has 0 aliphatic rings. The van der Waals surface area contributed by atoms with E-state index >= 15 is 0 Å². The molecule has 0 bridgehead atoms. The summed E-state index contributed by atoms with van der Waals surface area (Å²) in [7, 11) is -3.98. The summed E-state index contributed by atoms with van der Waals surface area (Å²) in [5.74, 6) is -0.685. The summed E-state index contributed by atoms with van der Waals surface area (Å²) in [4.78, 5) is 12.2. The molecule has 0 spiro atoms. The van der Waals surface area contributed by atoms with E-state index in [1.165, 1.54) is 6.07 Å². The molecule has 5 nitrogen and oxygen atoms in total. The monoisotopic (exact) mass is 450 g/mol. The van der Waals surface area contributed by atoms with Crippen molar-refractivity contribution in [1.29, 1.82) is 0 Å². The van der Waals surface area contributed by atoms with Crippen molar-refractivity contribution in [2.75, 3.05) is 22.4 Å². The highest BCUT2D eigenvalue weighted by atomic mass is 79.9. The molecule has 0 aromatic heterocycles. The number of amides is 1. The van der Waals surface area contributed by atoms with Crippen LogP contribution in [0.5, 0.6) is 0 Å². The third kappa shape index (κ3) is 5.46. The maximum Gasteiger partial charge on any atom is 0.416 e. The SMILES string of the molecule is CS(=O)(=O)N(CC(=O)Nc1ccc(Br)cc1)c1cccc(C(F)(F)F)c1. The van der Waals surface area contributed by atoms with Crippen molar-refractivity contribution in [1.82, 2.24) is 0 Å². The first kappa shape index (κ1) is 20.2. The molecule has 2 rings (SSSR count). The first-order chi connectivity index (χ1) is 12.0. The molecule has 26 heavy (non-hydrogen) atoms. The zero-order valence-electron chi connectivity index (χ0n) is 13.4. The van der Waals surface area contributed by atoms with Gasteiger partial charge in [-0.1, -0.05) is 22.0 Å². The van der Waals surface area contributed by atoms with Crippen LogP contribution in [-0.2, 0) is 21.0 Å². The van der Waals surface area contributed by atoms with Crippen molar-refractivity contribution in [2.24, 2.45) is 0 Å². The van der Waals surface area contributed by atoms with Gasteiger partial charge in [-0.25, -0.2) is 8.42 Å². The first-order valence-electron chi connectivity index (χ1n) is 7.17. The zero-order valence-corrected chi connectivity index (χ0v) is 15.8. The molecule has 0 atom stereocenters. The van der Waals surface area contributed by atoms with Gasteiger partial charge in [0.2, 0.25) is 15.9 Å². The molecule has 1 amide bonds. The van der Waals surface area contributed by atoms with Crippen molar-refractivity contribution in [3.05, 3.63) is 58.6 Å². The van der Waals surface area contributed by atoms with E-state index in [2.05, 4.69) is 21.2 Å². The Morgan fingerprint density at radius 3 is 2.31 bits per heavy atom. The van der Waals surface area contributed by atoms with Gasteiger partial charge in [0.25, 0.3) is 0 Å². The van der Waals surface area contributed by atoms with Crippen LogP contribution in [0.3, 0.4) is 0 Å². The minimum absolute atomic E-state index is 0.242. The van der Waals surface area contributed by atoms with Crippen LogP contribution >= 0.6 is 15.9 Å². The number of sulfonamides is 1. The highest BCUT2D eigenvalue weighted by Gasteiger charge is 2.32. The smallest absolute Gasteiger partial charge is 0.325 e. The number of nitrogens with zero attached hydrogens (tertiary/aromatic N) is 1. The van der Waals surface area contributed by atoms with Crippen LogP contribution in [0, 0.1) is 0 Å². The fourth-order valence-electron chi connectivity index (χ4n) is 2.10. The molecule has 1 N–H and O–H groups in total. The van der Waals surface area contributed by atoms with Crippen molar-refractivity contribution in [3.8, 4) is 0 Å². The van der Waals surface area contributed by atoms with E-state index in [0.29, 0.717) is 16.1 Å². The highest BCUT2D eigenvalue weighted by Crippen LogP contribution is 2.32. The van der Waals surface area contributed by atoms with Gasteiger partial charge in [0.1, 0.15) is 6.54 Å². The number of hydrogen-bond acceptors (Lipinski definition) is 3. The summed E-state index contributed by atoms with van der Waals surface area (Å²) >= 11 is 3.24. The van der Waals surface area contributed by atoms with Crippen LogP contribution in [0.25, 0.3) is 0 Å². The van der Waals surface area contributed by atoms with E-state index in [1.54, 1.807) is 24.3 Å². The van der Waals surface area contributed by atoms with Gasteiger partial charge in [0, 0.05) is 10.2 Å². The third-order valence-corrected chi connectivity index (χ3v) is 4.95. The van der Waals surface area contributed by atoms with Gasteiger partial charge in [-0.05, 0) is 42.5 Å². The molecular formula is C16H14BrF3N2O3S. The Kier molecular flexibility index (Phi) is 5.97. The number of carbonyl (C=O) groups is 1. The van der Waals surface area contributed by atoms with E-state index in [9.17, 15) is 26.4 Å². The zero-order chi connectivity index (χ0) is 19.5. The van der Waals surface area contributed by atoms with Gasteiger partial charge < -0.3 is 5.32 Å². The third-order valence-electron chi connectivity index (χ3n) is 3.28. The van der Waals surface area contributed by atoms with Gasteiger partial charge in [0.05, 0.1) is 17.5 Å². The summed E-state index contributed by atoms with van der Waals surface area (Å²) in [6.07, 6.45) is -3.81. The summed E-state index contributed by atoms with van der Waals surface area (Å²) in [6.45, 7) is -0.657. The lowest BCUT2D eigenvalue weighted by Gasteiger charge is -2.22. The molecule has 140 valence electrons. The molecule has 0 aliphatic carbocycles. The molecule has 10 heteroatoms. The summed E-state index contributed by atoms with van der Waals surface area (Å²) in [5.41, 5.74) is -0.819. The number of carbonyl (C=O) groups excluding carboxylic acids is 1. The van der Waals surface area contributed by atoms with Gasteiger partial charge in [-0.15, -0.1) is 0 Å². The topological polar surface area (TPSA) is 66.5 Å². The number of alkyl halides is 3. The normalized spacial score (nSPS) is 11.9. The lowest BCUT2D eigenvalue weighted by Crippen LogP contribution is -2.37. The van der Waals surface area contributed by atoms with Crippen molar-refractivity contribution in [3.63, 3.8) is 0 Å². The van der Waals surface area contributed by atoms with Crippen LogP contribution in [0.2, 0.25) is 0 Å². The van der Waals surface area contributed by atoms with Crippen LogP contribution in [0.15, 0.2) is 53.0 Å². The molecule has 2 aromatic rings. The predicted molar refractivity (Wildman–Crippen MR) is 96.4 cm³/mol. The van der Waals surface area contributed by atoms with E-state index in [0.717, 1.165) is 22.9 Å². The fourth-order valence-corrected chi connectivity index (χ4v) is 3.21.